The highest BCUT2D eigenvalue weighted by atomic mass is 127. The zero-order valence-corrected chi connectivity index (χ0v) is 19.5. The molecule has 1 saturated heterocycles. The molecule has 1 fully saturated rings. The van der Waals surface area contributed by atoms with Crippen molar-refractivity contribution in [1.29, 1.82) is 0 Å². The number of nitrogens with zero attached hydrogens (tertiary/aromatic N) is 1. The van der Waals surface area contributed by atoms with Crippen molar-refractivity contribution in [3.8, 4) is 0 Å². The van der Waals surface area contributed by atoms with Gasteiger partial charge in [0.1, 0.15) is 5.82 Å². The van der Waals surface area contributed by atoms with E-state index in [0.29, 0.717) is 0 Å². The Morgan fingerprint density at radius 3 is 2.48 bits per heavy atom. The molecule has 0 aromatic heterocycles. The van der Waals surface area contributed by atoms with E-state index in [9.17, 15) is 4.39 Å². The third-order valence-electron chi connectivity index (χ3n) is 5.65. The van der Waals surface area contributed by atoms with Crippen LogP contribution in [0.4, 0.5) is 4.39 Å². The maximum absolute atomic E-state index is 13.3. The predicted octanol–water partition coefficient (Wildman–Crippen LogP) is 4.21. The van der Waals surface area contributed by atoms with Gasteiger partial charge in [-0.25, -0.2) is 4.39 Å². The van der Waals surface area contributed by atoms with Crippen molar-refractivity contribution < 1.29 is 9.13 Å². The SMILES string of the molecule is CN=C(NCCc1ccc(F)cc1C)NCC1(c2ccccc2)CCOCC1.I. The summed E-state index contributed by atoms with van der Waals surface area (Å²) >= 11 is 0. The van der Waals surface area contributed by atoms with Gasteiger partial charge in [0.05, 0.1) is 0 Å². The molecule has 0 saturated carbocycles. The van der Waals surface area contributed by atoms with Gasteiger partial charge in [-0.05, 0) is 55.0 Å². The summed E-state index contributed by atoms with van der Waals surface area (Å²) < 4.78 is 18.9. The topological polar surface area (TPSA) is 45.7 Å². The predicted molar refractivity (Wildman–Crippen MR) is 128 cm³/mol. The third kappa shape index (κ3) is 6.40. The largest absolute Gasteiger partial charge is 0.381 e. The molecule has 6 heteroatoms. The van der Waals surface area contributed by atoms with Crippen LogP contribution in [0.5, 0.6) is 0 Å². The molecule has 1 aliphatic heterocycles. The number of halogens is 2. The number of aryl methyl sites for hydroxylation is 1. The Bertz CT molecular complexity index is 792. The first-order chi connectivity index (χ1) is 13.6. The summed E-state index contributed by atoms with van der Waals surface area (Å²) in [7, 11) is 1.79. The van der Waals surface area contributed by atoms with E-state index in [1.807, 2.05) is 13.0 Å². The van der Waals surface area contributed by atoms with E-state index in [4.69, 9.17) is 4.74 Å². The Hall–Kier alpha value is -1.67. The summed E-state index contributed by atoms with van der Waals surface area (Å²) in [5.74, 6) is 0.607. The molecular weight excluding hydrogens is 480 g/mol. The highest BCUT2D eigenvalue weighted by Gasteiger charge is 2.34. The molecule has 2 aromatic carbocycles. The zero-order chi connectivity index (χ0) is 19.8. The summed E-state index contributed by atoms with van der Waals surface area (Å²) in [5.41, 5.74) is 3.54. The molecule has 158 valence electrons. The fraction of sp³-hybridized carbons (Fsp3) is 0.435. The lowest BCUT2D eigenvalue weighted by Gasteiger charge is -2.38. The van der Waals surface area contributed by atoms with Crippen LogP contribution in [-0.4, -0.2) is 39.3 Å². The van der Waals surface area contributed by atoms with E-state index in [1.165, 1.54) is 11.6 Å². The summed E-state index contributed by atoms with van der Waals surface area (Å²) in [6.07, 6.45) is 2.82. The number of rotatable bonds is 6. The number of hydrogen-bond donors (Lipinski definition) is 2. The Balaban J connectivity index is 0.00000300. The van der Waals surface area contributed by atoms with Crippen molar-refractivity contribution in [3.63, 3.8) is 0 Å². The van der Waals surface area contributed by atoms with Gasteiger partial charge in [-0.15, -0.1) is 24.0 Å². The second-order valence-electron chi connectivity index (χ2n) is 7.43. The molecule has 2 N–H and O–H groups in total. The molecule has 0 radical (unpaired) electrons. The average Bonchev–Trinajstić information content (AvgIpc) is 2.73. The lowest BCUT2D eigenvalue weighted by atomic mass is 9.74. The minimum atomic E-state index is -0.186. The van der Waals surface area contributed by atoms with E-state index in [1.54, 1.807) is 13.1 Å². The first kappa shape index (κ1) is 23.6. The van der Waals surface area contributed by atoms with Gasteiger partial charge >= 0.3 is 0 Å². The number of guanidine groups is 1. The molecule has 4 nitrogen and oxygen atoms in total. The minimum absolute atomic E-state index is 0. The molecule has 0 spiro atoms. The van der Waals surface area contributed by atoms with Crippen LogP contribution in [0, 0.1) is 12.7 Å². The van der Waals surface area contributed by atoms with Gasteiger partial charge < -0.3 is 15.4 Å². The fourth-order valence-corrected chi connectivity index (χ4v) is 3.85. The molecule has 0 aliphatic carbocycles. The van der Waals surface area contributed by atoms with E-state index in [2.05, 4.69) is 46.0 Å². The number of nitrogens with one attached hydrogen (secondary N) is 2. The molecule has 0 bridgehead atoms. The van der Waals surface area contributed by atoms with Gasteiger partial charge in [0, 0.05) is 38.8 Å². The zero-order valence-electron chi connectivity index (χ0n) is 17.2. The smallest absolute Gasteiger partial charge is 0.191 e. The standard InChI is InChI=1S/C23H30FN3O.HI/c1-18-16-21(24)9-8-19(18)10-13-26-22(25-2)27-17-23(11-14-28-15-12-23)20-6-4-3-5-7-20;/h3-9,16H,10-15,17H2,1-2H3,(H2,25,26,27);1H. The summed E-state index contributed by atoms with van der Waals surface area (Å²) in [5, 5.41) is 6.89. The lowest BCUT2D eigenvalue weighted by Crippen LogP contribution is -2.48. The second kappa shape index (κ2) is 11.5. The number of hydrogen-bond acceptors (Lipinski definition) is 2. The molecule has 1 aliphatic rings. The van der Waals surface area contributed by atoms with Crippen molar-refractivity contribution in [1.82, 2.24) is 10.6 Å². The number of aliphatic imine (C=N–C) groups is 1. The van der Waals surface area contributed by atoms with E-state index in [0.717, 1.165) is 62.7 Å². The fourth-order valence-electron chi connectivity index (χ4n) is 3.85. The van der Waals surface area contributed by atoms with Gasteiger partial charge in [-0.2, -0.15) is 0 Å². The Morgan fingerprint density at radius 2 is 1.83 bits per heavy atom. The van der Waals surface area contributed by atoms with Crippen LogP contribution in [0.3, 0.4) is 0 Å². The summed E-state index contributed by atoms with van der Waals surface area (Å²) in [4.78, 5) is 4.37. The first-order valence-corrected chi connectivity index (χ1v) is 9.96. The van der Waals surface area contributed by atoms with Crippen LogP contribution >= 0.6 is 24.0 Å². The molecule has 0 amide bonds. The first-order valence-electron chi connectivity index (χ1n) is 9.96. The van der Waals surface area contributed by atoms with Crippen molar-refractivity contribution in [2.75, 3.05) is 33.4 Å². The highest BCUT2D eigenvalue weighted by molar-refractivity contribution is 14.0. The van der Waals surface area contributed by atoms with Gasteiger partial charge in [-0.3, -0.25) is 4.99 Å². The molecule has 0 unspecified atom stereocenters. The molecular formula is C23H31FIN3O. The van der Waals surface area contributed by atoms with Crippen LogP contribution in [-0.2, 0) is 16.6 Å². The average molecular weight is 511 g/mol. The van der Waals surface area contributed by atoms with Gasteiger partial charge in [0.15, 0.2) is 5.96 Å². The van der Waals surface area contributed by atoms with Gasteiger partial charge in [-0.1, -0.05) is 36.4 Å². The normalized spacial score (nSPS) is 16.0. The van der Waals surface area contributed by atoms with E-state index < -0.39 is 0 Å². The van der Waals surface area contributed by atoms with Crippen LogP contribution in [0.25, 0.3) is 0 Å². The molecule has 2 aromatic rings. The summed E-state index contributed by atoms with van der Waals surface area (Å²) in [6.45, 7) is 5.07. The molecule has 0 atom stereocenters. The van der Waals surface area contributed by atoms with Gasteiger partial charge in [0.25, 0.3) is 0 Å². The minimum Gasteiger partial charge on any atom is -0.381 e. The van der Waals surface area contributed by atoms with Crippen LogP contribution in [0.1, 0.15) is 29.5 Å². The van der Waals surface area contributed by atoms with E-state index >= 15 is 0 Å². The molecule has 1 heterocycles. The molecule has 29 heavy (non-hydrogen) atoms. The Morgan fingerprint density at radius 1 is 1.10 bits per heavy atom. The monoisotopic (exact) mass is 511 g/mol. The Kier molecular flexibility index (Phi) is 9.36. The number of ether oxygens (including phenoxy) is 1. The van der Waals surface area contributed by atoms with Crippen LogP contribution in [0.2, 0.25) is 0 Å². The van der Waals surface area contributed by atoms with Crippen molar-refractivity contribution in [2.45, 2.75) is 31.6 Å². The highest BCUT2D eigenvalue weighted by Crippen LogP contribution is 2.34. The maximum Gasteiger partial charge on any atom is 0.191 e. The van der Waals surface area contributed by atoms with Crippen LogP contribution < -0.4 is 10.6 Å². The second-order valence-corrected chi connectivity index (χ2v) is 7.43. The maximum atomic E-state index is 13.3. The molecule has 3 rings (SSSR count). The Labute approximate surface area is 190 Å². The van der Waals surface area contributed by atoms with E-state index in [-0.39, 0.29) is 35.2 Å². The van der Waals surface area contributed by atoms with Crippen molar-refractivity contribution in [3.05, 3.63) is 71.0 Å². The van der Waals surface area contributed by atoms with Gasteiger partial charge in [0.2, 0.25) is 0 Å². The lowest BCUT2D eigenvalue weighted by molar-refractivity contribution is 0.0514. The van der Waals surface area contributed by atoms with Crippen LogP contribution in [0.15, 0.2) is 53.5 Å². The van der Waals surface area contributed by atoms with Crippen molar-refractivity contribution >= 4 is 29.9 Å². The summed E-state index contributed by atoms with van der Waals surface area (Å²) in [6, 6.07) is 15.6. The quantitative estimate of drug-likeness (QED) is 0.347. The third-order valence-corrected chi connectivity index (χ3v) is 5.65. The van der Waals surface area contributed by atoms with Crippen molar-refractivity contribution in [2.24, 2.45) is 4.99 Å². The number of benzene rings is 2.